The van der Waals surface area contributed by atoms with Crippen LogP contribution in [0.3, 0.4) is 0 Å². The van der Waals surface area contributed by atoms with Crippen molar-refractivity contribution in [2.24, 2.45) is 4.99 Å². The van der Waals surface area contributed by atoms with E-state index in [1.807, 2.05) is 40.1 Å². The molecule has 0 aromatic carbocycles. The summed E-state index contributed by atoms with van der Waals surface area (Å²) in [6.45, 7) is 11.3. The molecule has 3 heterocycles. The van der Waals surface area contributed by atoms with E-state index >= 15 is 0 Å². The van der Waals surface area contributed by atoms with Crippen LogP contribution in [-0.2, 0) is 0 Å². The van der Waals surface area contributed by atoms with Crippen molar-refractivity contribution in [2.75, 3.05) is 26.2 Å². The fourth-order valence-electron chi connectivity index (χ4n) is 2.19. The second-order valence-electron chi connectivity index (χ2n) is 4.99. The van der Waals surface area contributed by atoms with E-state index in [1.54, 1.807) is 24.5 Å². The normalized spacial score (nSPS) is 11.9. The predicted molar refractivity (Wildman–Crippen MR) is 104 cm³/mol. The Labute approximate surface area is 155 Å². The predicted octanol–water partition coefficient (Wildman–Crippen LogP) is 3.25. The van der Waals surface area contributed by atoms with Crippen molar-refractivity contribution in [1.82, 2.24) is 20.4 Å². The van der Waals surface area contributed by atoms with Gasteiger partial charge >= 0.3 is 0 Å². The number of nitrogens with one attached hydrogen (secondary N) is 1. The Kier molecular flexibility index (Phi) is 10.4. The minimum atomic E-state index is -0.228. The van der Waals surface area contributed by atoms with Crippen LogP contribution in [0.1, 0.15) is 44.6 Å². The maximum atomic E-state index is 12.0. The van der Waals surface area contributed by atoms with Crippen molar-refractivity contribution in [2.45, 2.75) is 34.1 Å². The number of carbonyl (C=O) groups is 1. The highest BCUT2D eigenvalue weighted by atomic mass is 16.5. The fraction of sp³-hybridized carbons (Fsp3) is 0.474. The van der Waals surface area contributed by atoms with Gasteiger partial charge in [-0.05, 0) is 18.6 Å². The van der Waals surface area contributed by atoms with Crippen LogP contribution in [-0.4, -0.2) is 53.5 Å². The van der Waals surface area contributed by atoms with Gasteiger partial charge < -0.3 is 14.7 Å². The highest BCUT2D eigenvalue weighted by molar-refractivity contribution is 5.93. The van der Waals surface area contributed by atoms with Gasteiger partial charge in [-0.15, -0.1) is 0 Å². The summed E-state index contributed by atoms with van der Waals surface area (Å²) in [6, 6.07) is 5.28. The van der Waals surface area contributed by atoms with Crippen LogP contribution in [0.5, 0.6) is 0 Å². The maximum absolute atomic E-state index is 12.0. The molecule has 0 saturated heterocycles. The lowest BCUT2D eigenvalue weighted by atomic mass is 10.2. The third-order valence-electron chi connectivity index (χ3n) is 3.36. The van der Waals surface area contributed by atoms with Crippen molar-refractivity contribution < 1.29 is 9.32 Å². The number of carbonyl (C=O) groups excluding carboxylic acids is 1. The Hall–Kier alpha value is -2.70. The van der Waals surface area contributed by atoms with Crippen LogP contribution >= 0.6 is 0 Å². The Morgan fingerprint density at radius 2 is 2.12 bits per heavy atom. The van der Waals surface area contributed by atoms with Crippen LogP contribution in [0.4, 0.5) is 0 Å². The molecule has 26 heavy (non-hydrogen) atoms. The standard InChI is InChI=1S/C15H17N5O2.2C2H6/c21-15(18-5-2-7-20-8-6-17-11-20)13-9-14(22-19-13)12-3-1-4-16-10-12;2*1-2/h1,3-4,9-11H,2,5-8H2,(H,18,21);2*1-2H3. The monoisotopic (exact) mass is 359 g/mol. The van der Waals surface area contributed by atoms with Crippen LogP contribution < -0.4 is 5.32 Å². The van der Waals surface area contributed by atoms with Crippen LogP contribution in [0.25, 0.3) is 11.3 Å². The number of aliphatic imine (C=N–C) groups is 1. The zero-order valence-electron chi connectivity index (χ0n) is 16.1. The second-order valence-corrected chi connectivity index (χ2v) is 4.99. The SMILES string of the molecule is CC.CC.O=C(NCCCN1C=NCC1)c1cc(-c2cccnc2)on1. The quantitative estimate of drug-likeness (QED) is 0.801. The molecule has 1 amide bonds. The van der Waals surface area contributed by atoms with E-state index < -0.39 is 0 Å². The number of rotatable bonds is 6. The lowest BCUT2D eigenvalue weighted by Gasteiger charge is -2.13. The lowest BCUT2D eigenvalue weighted by Crippen LogP contribution is -2.28. The minimum absolute atomic E-state index is 0.228. The fourth-order valence-corrected chi connectivity index (χ4v) is 2.19. The molecule has 1 aliphatic rings. The molecule has 3 rings (SSSR count). The van der Waals surface area contributed by atoms with Gasteiger partial charge in [-0.2, -0.15) is 0 Å². The van der Waals surface area contributed by atoms with Crippen LogP contribution in [0.15, 0.2) is 40.1 Å². The average Bonchev–Trinajstić information content (AvgIpc) is 3.41. The third kappa shape index (κ3) is 6.66. The average molecular weight is 359 g/mol. The van der Waals surface area contributed by atoms with Gasteiger partial charge in [-0.25, -0.2) is 0 Å². The van der Waals surface area contributed by atoms with Gasteiger partial charge in [0.05, 0.1) is 12.9 Å². The van der Waals surface area contributed by atoms with Gasteiger partial charge in [0.1, 0.15) is 0 Å². The largest absolute Gasteiger partial charge is 0.361 e. The van der Waals surface area contributed by atoms with Gasteiger partial charge in [0.25, 0.3) is 5.91 Å². The zero-order chi connectivity index (χ0) is 19.2. The highest BCUT2D eigenvalue weighted by Crippen LogP contribution is 2.18. The molecule has 0 fully saturated rings. The summed E-state index contributed by atoms with van der Waals surface area (Å²) < 4.78 is 5.18. The summed E-state index contributed by atoms with van der Waals surface area (Å²) in [6.07, 6.45) is 6.07. The molecule has 0 unspecified atom stereocenters. The second kappa shape index (κ2) is 12.6. The zero-order valence-corrected chi connectivity index (χ0v) is 16.1. The smallest absolute Gasteiger partial charge is 0.273 e. The van der Waals surface area contributed by atoms with Crippen molar-refractivity contribution in [3.63, 3.8) is 0 Å². The topological polar surface area (TPSA) is 83.6 Å². The summed E-state index contributed by atoms with van der Waals surface area (Å²) in [5, 5.41) is 6.64. The third-order valence-corrected chi connectivity index (χ3v) is 3.36. The molecule has 0 spiro atoms. The summed E-state index contributed by atoms with van der Waals surface area (Å²) in [5.74, 6) is 0.306. The minimum Gasteiger partial charge on any atom is -0.361 e. The molecular formula is C19H29N5O2. The van der Waals surface area contributed by atoms with Crippen LogP contribution in [0, 0.1) is 0 Å². The molecule has 1 N–H and O–H groups in total. The van der Waals surface area contributed by atoms with Crippen molar-refractivity contribution in [3.05, 3.63) is 36.3 Å². The molecule has 0 atom stereocenters. The van der Waals surface area contributed by atoms with E-state index in [4.69, 9.17) is 4.52 Å². The van der Waals surface area contributed by atoms with E-state index in [9.17, 15) is 4.79 Å². The molecule has 2 aromatic rings. The first-order valence-electron chi connectivity index (χ1n) is 9.22. The summed E-state index contributed by atoms with van der Waals surface area (Å²) in [5.41, 5.74) is 1.07. The number of amides is 1. The van der Waals surface area contributed by atoms with E-state index in [0.29, 0.717) is 12.3 Å². The van der Waals surface area contributed by atoms with E-state index in [-0.39, 0.29) is 11.6 Å². The van der Waals surface area contributed by atoms with Crippen LogP contribution in [0.2, 0.25) is 0 Å². The lowest BCUT2D eigenvalue weighted by molar-refractivity contribution is 0.0943. The number of nitrogens with zero attached hydrogens (tertiary/aromatic N) is 4. The van der Waals surface area contributed by atoms with Crippen molar-refractivity contribution in [1.29, 1.82) is 0 Å². The highest BCUT2D eigenvalue weighted by Gasteiger charge is 2.13. The summed E-state index contributed by atoms with van der Waals surface area (Å²) in [7, 11) is 0. The molecule has 0 saturated carbocycles. The number of hydrogen-bond acceptors (Lipinski definition) is 6. The van der Waals surface area contributed by atoms with Gasteiger partial charge in [-0.1, -0.05) is 32.9 Å². The first kappa shape index (κ1) is 21.3. The molecule has 1 aliphatic heterocycles. The molecule has 2 aromatic heterocycles. The number of aromatic nitrogens is 2. The maximum Gasteiger partial charge on any atom is 0.273 e. The van der Waals surface area contributed by atoms with E-state index in [0.717, 1.165) is 31.6 Å². The number of pyridine rings is 1. The van der Waals surface area contributed by atoms with Gasteiger partial charge in [0.15, 0.2) is 11.5 Å². The van der Waals surface area contributed by atoms with Gasteiger partial charge in [0, 0.05) is 43.7 Å². The van der Waals surface area contributed by atoms with Gasteiger partial charge in [-0.3, -0.25) is 14.8 Å². The molecule has 0 bridgehead atoms. The molecule has 7 heteroatoms. The Morgan fingerprint density at radius 3 is 2.77 bits per heavy atom. The number of hydrogen-bond donors (Lipinski definition) is 1. The molecule has 0 radical (unpaired) electrons. The Morgan fingerprint density at radius 1 is 1.31 bits per heavy atom. The molecule has 7 nitrogen and oxygen atoms in total. The molecule has 142 valence electrons. The van der Waals surface area contributed by atoms with Crippen molar-refractivity contribution in [3.8, 4) is 11.3 Å². The molecule has 0 aliphatic carbocycles. The first-order valence-corrected chi connectivity index (χ1v) is 9.22. The Balaban J connectivity index is 0.000000791. The van der Waals surface area contributed by atoms with Gasteiger partial charge in [0.2, 0.25) is 0 Å². The summed E-state index contributed by atoms with van der Waals surface area (Å²) in [4.78, 5) is 22.3. The molecular weight excluding hydrogens is 330 g/mol. The first-order chi connectivity index (χ1) is 12.8. The van der Waals surface area contributed by atoms with Crippen molar-refractivity contribution >= 4 is 12.2 Å². The Bertz CT molecular complexity index is 655. The summed E-state index contributed by atoms with van der Waals surface area (Å²) >= 11 is 0. The van der Waals surface area contributed by atoms with E-state index in [1.165, 1.54) is 0 Å². The van der Waals surface area contributed by atoms with E-state index in [2.05, 4.69) is 25.3 Å².